The Balaban J connectivity index is 1.87. The van der Waals surface area contributed by atoms with E-state index < -0.39 is 0 Å². The summed E-state index contributed by atoms with van der Waals surface area (Å²) >= 11 is 0. The van der Waals surface area contributed by atoms with Crippen LogP contribution in [0.25, 0.3) is 0 Å². The van der Waals surface area contributed by atoms with Crippen LogP contribution in [0, 0.1) is 41.5 Å². The molecule has 0 radical (unpaired) electrons. The van der Waals surface area contributed by atoms with E-state index in [9.17, 15) is 4.79 Å². The van der Waals surface area contributed by atoms with Crippen LogP contribution >= 0.6 is 0 Å². The van der Waals surface area contributed by atoms with Crippen molar-refractivity contribution in [1.82, 2.24) is 0 Å². The van der Waals surface area contributed by atoms with Crippen molar-refractivity contribution >= 4 is 11.6 Å². The number of amides is 1. The molecule has 3 rings (SSSR count). The Kier molecular flexibility index (Phi) is 7.24. The minimum Gasteiger partial charge on any atom is -0.493 e. The summed E-state index contributed by atoms with van der Waals surface area (Å²) in [5.41, 5.74) is 9.03. The van der Waals surface area contributed by atoms with E-state index in [1.165, 1.54) is 11.1 Å². The molecule has 3 aromatic rings. The lowest BCUT2D eigenvalue weighted by Crippen LogP contribution is -2.15. The van der Waals surface area contributed by atoms with Gasteiger partial charge in [-0.25, -0.2) is 0 Å². The van der Waals surface area contributed by atoms with Crippen molar-refractivity contribution in [1.29, 1.82) is 0 Å². The normalized spacial score (nSPS) is 10.7. The van der Waals surface area contributed by atoms with Gasteiger partial charge in [-0.2, -0.15) is 0 Å². The first-order valence-corrected chi connectivity index (χ1v) is 11.0. The minimum absolute atomic E-state index is 0.146. The van der Waals surface area contributed by atoms with Crippen molar-refractivity contribution < 1.29 is 14.3 Å². The number of carbonyl (C=O) groups is 1. The second-order valence-electron chi connectivity index (χ2n) is 8.48. The van der Waals surface area contributed by atoms with E-state index in [1.807, 2.05) is 39.0 Å². The molecule has 0 aliphatic rings. The maximum Gasteiger partial charge on any atom is 0.255 e. The third-order valence-corrected chi connectivity index (χ3v) is 5.69. The molecule has 0 aliphatic carbocycles. The fourth-order valence-electron chi connectivity index (χ4n) is 4.00. The van der Waals surface area contributed by atoms with Gasteiger partial charge >= 0.3 is 0 Å². The van der Waals surface area contributed by atoms with Gasteiger partial charge in [0.15, 0.2) is 0 Å². The molecule has 0 unspecified atom stereocenters. The molecule has 1 amide bonds. The van der Waals surface area contributed by atoms with Crippen LogP contribution in [-0.4, -0.2) is 12.5 Å². The van der Waals surface area contributed by atoms with E-state index in [-0.39, 0.29) is 5.91 Å². The van der Waals surface area contributed by atoms with E-state index in [1.54, 1.807) is 6.07 Å². The third-order valence-electron chi connectivity index (χ3n) is 5.69. The van der Waals surface area contributed by atoms with Crippen LogP contribution in [0.4, 0.5) is 5.69 Å². The molecule has 1 N–H and O–H groups in total. The van der Waals surface area contributed by atoms with E-state index in [2.05, 4.69) is 51.2 Å². The number of nitrogens with one attached hydrogen (secondary N) is 1. The lowest BCUT2D eigenvalue weighted by Gasteiger charge is -2.16. The van der Waals surface area contributed by atoms with Gasteiger partial charge in [0.05, 0.1) is 6.61 Å². The van der Waals surface area contributed by atoms with Crippen LogP contribution in [0.15, 0.2) is 42.5 Å². The van der Waals surface area contributed by atoms with Crippen molar-refractivity contribution in [2.75, 3.05) is 11.9 Å². The summed E-state index contributed by atoms with van der Waals surface area (Å²) in [4.78, 5) is 13.0. The van der Waals surface area contributed by atoms with Crippen molar-refractivity contribution in [2.24, 2.45) is 0 Å². The molecule has 0 bridgehead atoms. The maximum absolute atomic E-state index is 13.0. The van der Waals surface area contributed by atoms with Gasteiger partial charge in [-0.15, -0.1) is 0 Å². The number of aryl methyl sites for hydroxylation is 5. The maximum atomic E-state index is 13.0. The summed E-state index contributed by atoms with van der Waals surface area (Å²) in [5, 5.41) is 3.08. The highest BCUT2D eigenvalue weighted by Gasteiger charge is 2.14. The predicted octanol–water partition coefficient (Wildman–Crippen LogP) is 6.77. The van der Waals surface area contributed by atoms with Gasteiger partial charge in [-0.1, -0.05) is 23.8 Å². The Hall–Kier alpha value is -3.27. The molecule has 0 spiro atoms. The van der Waals surface area contributed by atoms with Gasteiger partial charge in [-0.05, 0) is 101 Å². The molecule has 168 valence electrons. The molecule has 0 saturated carbocycles. The van der Waals surface area contributed by atoms with Crippen molar-refractivity contribution in [3.8, 4) is 11.5 Å². The standard InChI is InChI=1S/C28H33NO3/c1-8-31-25-10-9-23(28(30)29-27-20(5)12-17(2)13-21(27)6)15-24(25)16-32-26-14-18(3)11-19(4)22(26)7/h9-15H,8,16H2,1-7H3,(H,29,30). The average molecular weight is 432 g/mol. The van der Waals surface area contributed by atoms with E-state index in [0.717, 1.165) is 45.0 Å². The number of benzene rings is 3. The van der Waals surface area contributed by atoms with Gasteiger partial charge in [-0.3, -0.25) is 4.79 Å². The lowest BCUT2D eigenvalue weighted by atomic mass is 10.0. The average Bonchev–Trinajstić information content (AvgIpc) is 2.73. The zero-order valence-corrected chi connectivity index (χ0v) is 20.2. The topological polar surface area (TPSA) is 47.6 Å². The number of hydrogen-bond acceptors (Lipinski definition) is 3. The summed E-state index contributed by atoms with van der Waals surface area (Å²) < 4.78 is 12.0. The van der Waals surface area contributed by atoms with Gasteiger partial charge < -0.3 is 14.8 Å². The molecule has 32 heavy (non-hydrogen) atoms. The van der Waals surface area contributed by atoms with Gasteiger partial charge in [0, 0.05) is 16.8 Å². The zero-order chi connectivity index (χ0) is 23.4. The van der Waals surface area contributed by atoms with Gasteiger partial charge in [0.2, 0.25) is 0 Å². The van der Waals surface area contributed by atoms with Gasteiger partial charge in [0.25, 0.3) is 5.91 Å². The third kappa shape index (κ3) is 5.31. The molecule has 0 atom stereocenters. The second-order valence-corrected chi connectivity index (χ2v) is 8.48. The highest BCUT2D eigenvalue weighted by atomic mass is 16.5. The van der Waals surface area contributed by atoms with E-state index in [4.69, 9.17) is 9.47 Å². The Bertz CT molecular complexity index is 1120. The summed E-state index contributed by atoms with van der Waals surface area (Å²) in [6.07, 6.45) is 0. The van der Waals surface area contributed by atoms with Crippen molar-refractivity contribution in [3.63, 3.8) is 0 Å². The fraction of sp³-hybridized carbons (Fsp3) is 0.321. The Morgan fingerprint density at radius 2 is 1.41 bits per heavy atom. The summed E-state index contributed by atoms with van der Waals surface area (Å²) in [7, 11) is 0. The number of rotatable bonds is 7. The highest BCUT2D eigenvalue weighted by Crippen LogP contribution is 2.28. The molecule has 4 heteroatoms. The monoisotopic (exact) mass is 431 g/mol. The minimum atomic E-state index is -0.146. The first-order chi connectivity index (χ1) is 15.2. The molecule has 4 nitrogen and oxygen atoms in total. The quantitative estimate of drug-likeness (QED) is 0.449. The number of carbonyl (C=O) groups excluding carboxylic acids is 1. The predicted molar refractivity (Wildman–Crippen MR) is 131 cm³/mol. The molecule has 0 aromatic heterocycles. The summed E-state index contributed by atoms with van der Waals surface area (Å²) in [6.45, 7) is 15.1. The first kappa shape index (κ1) is 23.4. The first-order valence-electron chi connectivity index (χ1n) is 11.0. The molecule has 0 aliphatic heterocycles. The number of anilines is 1. The van der Waals surface area contributed by atoms with Crippen LogP contribution in [0.5, 0.6) is 11.5 Å². The largest absolute Gasteiger partial charge is 0.493 e. The van der Waals surface area contributed by atoms with Crippen molar-refractivity contribution in [2.45, 2.75) is 55.1 Å². The molecular weight excluding hydrogens is 398 g/mol. The zero-order valence-electron chi connectivity index (χ0n) is 20.2. The van der Waals surface area contributed by atoms with Gasteiger partial charge in [0.1, 0.15) is 18.1 Å². The molecule has 0 heterocycles. The molecular formula is C28H33NO3. The van der Waals surface area contributed by atoms with Crippen molar-refractivity contribution in [3.05, 3.63) is 87.0 Å². The van der Waals surface area contributed by atoms with Crippen LogP contribution in [0.2, 0.25) is 0 Å². The second kappa shape index (κ2) is 9.90. The van der Waals surface area contributed by atoms with Crippen LogP contribution in [-0.2, 0) is 6.61 Å². The lowest BCUT2D eigenvalue weighted by molar-refractivity contribution is 0.102. The Labute approximate surface area is 191 Å². The number of ether oxygens (including phenoxy) is 2. The van der Waals surface area contributed by atoms with E-state index in [0.29, 0.717) is 18.8 Å². The van der Waals surface area contributed by atoms with Crippen LogP contribution < -0.4 is 14.8 Å². The molecule has 0 fully saturated rings. The smallest absolute Gasteiger partial charge is 0.255 e. The summed E-state index contributed by atoms with van der Waals surface area (Å²) in [6, 6.07) is 13.8. The number of hydrogen-bond donors (Lipinski definition) is 1. The molecule has 3 aromatic carbocycles. The SMILES string of the molecule is CCOc1ccc(C(=O)Nc2c(C)cc(C)cc2C)cc1COc1cc(C)cc(C)c1C. The van der Waals surface area contributed by atoms with Crippen LogP contribution in [0.1, 0.15) is 56.2 Å². The highest BCUT2D eigenvalue weighted by molar-refractivity contribution is 6.05. The van der Waals surface area contributed by atoms with E-state index >= 15 is 0 Å². The Morgan fingerprint density at radius 1 is 0.781 bits per heavy atom. The Morgan fingerprint density at radius 3 is 2.06 bits per heavy atom. The molecule has 0 saturated heterocycles. The fourth-order valence-corrected chi connectivity index (χ4v) is 4.00. The van der Waals surface area contributed by atoms with Crippen LogP contribution in [0.3, 0.4) is 0 Å². The summed E-state index contributed by atoms with van der Waals surface area (Å²) in [5.74, 6) is 1.44.